The Morgan fingerprint density at radius 3 is 2.20 bits per heavy atom. The van der Waals surface area contributed by atoms with Crippen LogP contribution in [-0.4, -0.2) is 72.3 Å². The normalized spacial score (nSPS) is 19.6. The van der Waals surface area contributed by atoms with Crippen LogP contribution in [0.4, 0.5) is 0 Å². The van der Waals surface area contributed by atoms with Crippen LogP contribution in [0.1, 0.15) is 33.1 Å². The zero-order chi connectivity index (χ0) is 14.5. The topological polar surface area (TPSA) is 43.9 Å². The van der Waals surface area contributed by atoms with Gasteiger partial charge in [-0.2, -0.15) is 0 Å². The Morgan fingerprint density at radius 2 is 1.70 bits per heavy atom. The quantitative estimate of drug-likeness (QED) is 0.723. The Bertz CT molecular complexity index is 347. The lowest BCUT2D eigenvalue weighted by molar-refractivity contribution is -0.139. The number of piperazine rings is 1. The van der Waals surface area contributed by atoms with Gasteiger partial charge in [-0.1, -0.05) is 6.92 Å². The van der Waals surface area contributed by atoms with Crippen LogP contribution in [-0.2, 0) is 9.59 Å². The third-order valence-electron chi connectivity index (χ3n) is 4.19. The molecule has 1 saturated carbocycles. The van der Waals surface area contributed by atoms with Gasteiger partial charge in [0.1, 0.15) is 0 Å². The van der Waals surface area contributed by atoms with E-state index in [0.717, 1.165) is 25.4 Å². The average Bonchev–Trinajstić information content (AvgIpc) is 3.23. The van der Waals surface area contributed by atoms with Crippen molar-refractivity contribution in [2.24, 2.45) is 5.92 Å². The standard InChI is InChI=1S/C15H27N3O2/c1-3-6-16(11-14-4-5-14)12-15(20)18-9-7-17(8-10-18)13(2)19/h14H,3-12H2,1-2H3. The summed E-state index contributed by atoms with van der Waals surface area (Å²) in [7, 11) is 0. The SMILES string of the molecule is CCCN(CC(=O)N1CCN(C(C)=O)CC1)CC1CC1. The van der Waals surface area contributed by atoms with E-state index in [0.29, 0.717) is 32.7 Å². The molecule has 0 N–H and O–H groups in total. The number of nitrogens with zero attached hydrogens (tertiary/aromatic N) is 3. The molecule has 2 amide bonds. The van der Waals surface area contributed by atoms with Crippen molar-refractivity contribution >= 4 is 11.8 Å². The molecule has 20 heavy (non-hydrogen) atoms. The van der Waals surface area contributed by atoms with Crippen molar-refractivity contribution in [3.8, 4) is 0 Å². The van der Waals surface area contributed by atoms with Gasteiger partial charge in [0, 0.05) is 39.6 Å². The molecule has 0 aromatic heterocycles. The van der Waals surface area contributed by atoms with E-state index < -0.39 is 0 Å². The smallest absolute Gasteiger partial charge is 0.236 e. The fourth-order valence-corrected chi connectivity index (χ4v) is 2.78. The summed E-state index contributed by atoms with van der Waals surface area (Å²) in [5, 5.41) is 0. The second kappa shape index (κ2) is 7.07. The summed E-state index contributed by atoms with van der Waals surface area (Å²) in [4.78, 5) is 29.7. The summed E-state index contributed by atoms with van der Waals surface area (Å²) in [6.07, 6.45) is 3.75. The van der Waals surface area contributed by atoms with Gasteiger partial charge in [-0.25, -0.2) is 0 Å². The van der Waals surface area contributed by atoms with Crippen LogP contribution in [0.2, 0.25) is 0 Å². The highest BCUT2D eigenvalue weighted by Crippen LogP contribution is 2.29. The molecule has 0 radical (unpaired) electrons. The minimum absolute atomic E-state index is 0.110. The zero-order valence-corrected chi connectivity index (χ0v) is 12.8. The third kappa shape index (κ3) is 4.47. The first-order valence-electron chi connectivity index (χ1n) is 7.85. The molecule has 1 aliphatic carbocycles. The largest absolute Gasteiger partial charge is 0.339 e. The van der Waals surface area contributed by atoms with Gasteiger partial charge in [-0.15, -0.1) is 0 Å². The van der Waals surface area contributed by atoms with Crippen molar-refractivity contribution in [1.82, 2.24) is 14.7 Å². The Hall–Kier alpha value is -1.10. The summed E-state index contributed by atoms with van der Waals surface area (Å²) < 4.78 is 0. The minimum Gasteiger partial charge on any atom is -0.339 e. The molecule has 2 aliphatic rings. The molecule has 0 aromatic rings. The summed E-state index contributed by atoms with van der Waals surface area (Å²) in [6.45, 7) is 9.11. The number of carbonyl (C=O) groups is 2. The van der Waals surface area contributed by atoms with Gasteiger partial charge < -0.3 is 9.80 Å². The maximum atomic E-state index is 12.3. The highest BCUT2D eigenvalue weighted by Gasteiger charge is 2.27. The van der Waals surface area contributed by atoms with E-state index in [9.17, 15) is 9.59 Å². The van der Waals surface area contributed by atoms with Crippen molar-refractivity contribution in [2.75, 3.05) is 45.8 Å². The van der Waals surface area contributed by atoms with Crippen LogP contribution in [0.25, 0.3) is 0 Å². The Kier molecular flexibility index (Phi) is 5.40. The van der Waals surface area contributed by atoms with Crippen molar-refractivity contribution < 1.29 is 9.59 Å². The molecule has 1 saturated heterocycles. The first-order valence-corrected chi connectivity index (χ1v) is 7.85. The van der Waals surface area contributed by atoms with Gasteiger partial charge in [-0.05, 0) is 31.7 Å². The molecule has 0 atom stereocenters. The van der Waals surface area contributed by atoms with Gasteiger partial charge in [0.05, 0.1) is 6.54 Å². The maximum absolute atomic E-state index is 12.3. The number of hydrogen-bond acceptors (Lipinski definition) is 3. The molecular formula is C15H27N3O2. The fraction of sp³-hybridized carbons (Fsp3) is 0.867. The first-order chi connectivity index (χ1) is 9.60. The van der Waals surface area contributed by atoms with E-state index in [1.165, 1.54) is 12.8 Å². The molecular weight excluding hydrogens is 254 g/mol. The number of amides is 2. The van der Waals surface area contributed by atoms with E-state index in [1.807, 2.05) is 9.80 Å². The second-order valence-corrected chi connectivity index (χ2v) is 6.07. The molecule has 114 valence electrons. The molecule has 1 aliphatic heterocycles. The molecule has 0 aromatic carbocycles. The zero-order valence-electron chi connectivity index (χ0n) is 12.8. The second-order valence-electron chi connectivity index (χ2n) is 6.07. The predicted octanol–water partition coefficient (Wildman–Crippen LogP) is 0.799. The molecule has 1 heterocycles. The summed E-state index contributed by atoms with van der Waals surface area (Å²) in [6, 6.07) is 0. The van der Waals surface area contributed by atoms with Crippen LogP contribution in [0.5, 0.6) is 0 Å². The van der Waals surface area contributed by atoms with Crippen molar-refractivity contribution in [3.63, 3.8) is 0 Å². The van der Waals surface area contributed by atoms with E-state index in [4.69, 9.17) is 0 Å². The minimum atomic E-state index is 0.110. The number of hydrogen-bond donors (Lipinski definition) is 0. The summed E-state index contributed by atoms with van der Waals surface area (Å²) in [5.41, 5.74) is 0. The van der Waals surface area contributed by atoms with Crippen molar-refractivity contribution in [3.05, 3.63) is 0 Å². The van der Waals surface area contributed by atoms with E-state index in [2.05, 4.69) is 11.8 Å². The molecule has 2 fully saturated rings. The molecule has 0 spiro atoms. The molecule has 0 bridgehead atoms. The van der Waals surface area contributed by atoms with Crippen LogP contribution in [0, 0.1) is 5.92 Å². The van der Waals surface area contributed by atoms with Gasteiger partial charge >= 0.3 is 0 Å². The Morgan fingerprint density at radius 1 is 1.10 bits per heavy atom. The van der Waals surface area contributed by atoms with E-state index >= 15 is 0 Å². The lowest BCUT2D eigenvalue weighted by atomic mass is 10.2. The fourth-order valence-electron chi connectivity index (χ4n) is 2.78. The number of carbonyl (C=O) groups excluding carboxylic acids is 2. The van der Waals surface area contributed by atoms with E-state index in [-0.39, 0.29) is 11.8 Å². The molecule has 5 heteroatoms. The summed E-state index contributed by atoms with van der Waals surface area (Å²) in [5.74, 6) is 1.16. The Labute approximate surface area is 121 Å². The highest BCUT2D eigenvalue weighted by atomic mass is 16.2. The highest BCUT2D eigenvalue weighted by molar-refractivity contribution is 5.79. The lowest BCUT2D eigenvalue weighted by Gasteiger charge is -2.35. The molecule has 5 nitrogen and oxygen atoms in total. The van der Waals surface area contributed by atoms with Gasteiger partial charge in [0.25, 0.3) is 0 Å². The van der Waals surface area contributed by atoms with Crippen LogP contribution in [0.3, 0.4) is 0 Å². The van der Waals surface area contributed by atoms with Crippen LogP contribution < -0.4 is 0 Å². The Balaban J connectivity index is 1.76. The predicted molar refractivity (Wildman–Crippen MR) is 78.3 cm³/mol. The maximum Gasteiger partial charge on any atom is 0.236 e. The van der Waals surface area contributed by atoms with Crippen molar-refractivity contribution in [1.29, 1.82) is 0 Å². The van der Waals surface area contributed by atoms with Crippen LogP contribution >= 0.6 is 0 Å². The monoisotopic (exact) mass is 281 g/mol. The number of rotatable bonds is 6. The van der Waals surface area contributed by atoms with Crippen LogP contribution in [0.15, 0.2) is 0 Å². The van der Waals surface area contributed by atoms with Gasteiger partial charge in [-0.3, -0.25) is 14.5 Å². The third-order valence-corrected chi connectivity index (χ3v) is 4.19. The first kappa shape index (κ1) is 15.3. The van der Waals surface area contributed by atoms with Gasteiger partial charge in [0.15, 0.2) is 0 Å². The lowest BCUT2D eigenvalue weighted by Crippen LogP contribution is -2.52. The van der Waals surface area contributed by atoms with Crippen molar-refractivity contribution in [2.45, 2.75) is 33.1 Å². The molecule has 0 unspecified atom stereocenters. The summed E-state index contributed by atoms with van der Waals surface area (Å²) >= 11 is 0. The molecule has 2 rings (SSSR count). The van der Waals surface area contributed by atoms with E-state index in [1.54, 1.807) is 6.92 Å². The average molecular weight is 281 g/mol. The van der Waals surface area contributed by atoms with Gasteiger partial charge in [0.2, 0.25) is 11.8 Å².